The van der Waals surface area contributed by atoms with Crippen LogP contribution in [0.3, 0.4) is 0 Å². The van der Waals surface area contributed by atoms with Crippen LogP contribution >= 0.6 is 0 Å². The van der Waals surface area contributed by atoms with Gasteiger partial charge in [-0.2, -0.15) is 0 Å². The van der Waals surface area contributed by atoms with Gasteiger partial charge in [0.15, 0.2) is 0 Å². The number of aromatic amines is 1. The van der Waals surface area contributed by atoms with E-state index in [-0.39, 0.29) is 11.1 Å². The fourth-order valence-electron chi connectivity index (χ4n) is 1.80. The maximum Gasteiger partial charge on any atom is 0.251 e. The quantitative estimate of drug-likeness (QED) is 0.902. The first kappa shape index (κ1) is 14.5. The molecule has 0 spiro atoms. The molecule has 0 amide bonds. The summed E-state index contributed by atoms with van der Waals surface area (Å²) in [7, 11) is 0. The Labute approximate surface area is 119 Å². The fraction of sp³-hybridized carbons (Fsp3) is 0.375. The molecule has 1 aromatic carbocycles. The molecule has 4 heteroatoms. The molecule has 2 aromatic rings. The van der Waals surface area contributed by atoms with E-state index in [1.54, 1.807) is 0 Å². The molecule has 0 aliphatic heterocycles. The molecule has 0 radical (unpaired) electrons. The lowest BCUT2D eigenvalue weighted by molar-refractivity contribution is 0.421. The summed E-state index contributed by atoms with van der Waals surface area (Å²) in [6.45, 7) is 8.86. The van der Waals surface area contributed by atoms with Crippen LogP contribution in [0.4, 0.5) is 0 Å². The van der Waals surface area contributed by atoms with Gasteiger partial charge in [-0.1, -0.05) is 29.8 Å². The summed E-state index contributed by atoms with van der Waals surface area (Å²) in [4.78, 5) is 19.1. The lowest BCUT2D eigenvalue weighted by Crippen LogP contribution is -2.35. The number of aromatic nitrogens is 2. The highest BCUT2D eigenvalue weighted by Gasteiger charge is 2.10. The highest BCUT2D eigenvalue weighted by atomic mass is 16.1. The van der Waals surface area contributed by atoms with Crippen LogP contribution in [-0.2, 0) is 6.54 Å². The minimum atomic E-state index is -0.124. The highest BCUT2D eigenvalue weighted by molar-refractivity contribution is 5.55. The van der Waals surface area contributed by atoms with E-state index in [0.717, 1.165) is 11.3 Å². The van der Waals surface area contributed by atoms with Crippen LogP contribution in [0.1, 0.15) is 32.0 Å². The summed E-state index contributed by atoms with van der Waals surface area (Å²) in [5, 5.41) is 3.34. The Morgan fingerprint density at radius 2 is 1.85 bits per heavy atom. The molecule has 20 heavy (non-hydrogen) atoms. The van der Waals surface area contributed by atoms with E-state index in [0.29, 0.717) is 12.4 Å². The Morgan fingerprint density at radius 3 is 2.45 bits per heavy atom. The number of aryl methyl sites for hydroxylation is 1. The van der Waals surface area contributed by atoms with Gasteiger partial charge in [0.2, 0.25) is 0 Å². The summed E-state index contributed by atoms with van der Waals surface area (Å²) < 4.78 is 0. The Hall–Kier alpha value is -1.94. The molecular formula is C16H21N3O. The van der Waals surface area contributed by atoms with Crippen LogP contribution in [0.2, 0.25) is 0 Å². The third-order valence-corrected chi connectivity index (χ3v) is 2.92. The molecule has 0 fully saturated rings. The number of rotatable bonds is 3. The van der Waals surface area contributed by atoms with Gasteiger partial charge in [-0.15, -0.1) is 0 Å². The molecule has 106 valence electrons. The van der Waals surface area contributed by atoms with Gasteiger partial charge >= 0.3 is 0 Å². The molecule has 0 saturated heterocycles. The van der Waals surface area contributed by atoms with E-state index in [1.807, 2.05) is 31.2 Å². The average Bonchev–Trinajstić information content (AvgIpc) is 2.36. The number of benzene rings is 1. The zero-order chi connectivity index (χ0) is 14.8. The minimum absolute atomic E-state index is 0.00565. The summed E-state index contributed by atoms with van der Waals surface area (Å²) >= 11 is 0. The third-order valence-electron chi connectivity index (χ3n) is 2.92. The zero-order valence-electron chi connectivity index (χ0n) is 12.4. The van der Waals surface area contributed by atoms with Crippen molar-refractivity contribution in [3.8, 4) is 11.4 Å². The van der Waals surface area contributed by atoms with Gasteiger partial charge in [0.05, 0.1) is 5.69 Å². The average molecular weight is 271 g/mol. The van der Waals surface area contributed by atoms with Gasteiger partial charge in [-0.25, -0.2) is 4.98 Å². The first-order chi connectivity index (χ1) is 9.33. The number of hydrogen-bond acceptors (Lipinski definition) is 3. The Bertz CT molecular complexity index is 636. The van der Waals surface area contributed by atoms with Gasteiger partial charge in [0, 0.05) is 23.7 Å². The summed E-state index contributed by atoms with van der Waals surface area (Å²) in [6, 6.07) is 9.49. The monoisotopic (exact) mass is 271 g/mol. The standard InChI is InChI=1S/C16H21N3O/c1-11-5-7-12(8-6-11)15-18-13(9-14(20)19-15)10-17-16(2,3)4/h5-9,17H,10H2,1-4H3,(H,18,19,20). The van der Waals surface area contributed by atoms with Crippen LogP contribution in [0.15, 0.2) is 35.1 Å². The molecule has 2 N–H and O–H groups in total. The van der Waals surface area contributed by atoms with E-state index in [9.17, 15) is 4.79 Å². The van der Waals surface area contributed by atoms with Gasteiger partial charge < -0.3 is 10.3 Å². The number of hydrogen-bond donors (Lipinski definition) is 2. The molecule has 2 rings (SSSR count). The van der Waals surface area contributed by atoms with Crippen molar-refractivity contribution >= 4 is 0 Å². The Morgan fingerprint density at radius 1 is 1.20 bits per heavy atom. The van der Waals surface area contributed by atoms with Gasteiger partial charge in [0.1, 0.15) is 5.82 Å². The first-order valence-corrected chi connectivity index (χ1v) is 6.76. The largest absolute Gasteiger partial charge is 0.307 e. The van der Waals surface area contributed by atoms with Crippen molar-refractivity contribution < 1.29 is 0 Å². The first-order valence-electron chi connectivity index (χ1n) is 6.76. The van der Waals surface area contributed by atoms with Crippen molar-refractivity contribution in [1.82, 2.24) is 15.3 Å². The van der Waals surface area contributed by atoms with E-state index >= 15 is 0 Å². The van der Waals surface area contributed by atoms with Crippen LogP contribution in [-0.4, -0.2) is 15.5 Å². The fourth-order valence-corrected chi connectivity index (χ4v) is 1.80. The minimum Gasteiger partial charge on any atom is -0.307 e. The van der Waals surface area contributed by atoms with Crippen molar-refractivity contribution in [3.63, 3.8) is 0 Å². The zero-order valence-corrected chi connectivity index (χ0v) is 12.4. The maximum absolute atomic E-state index is 11.8. The molecule has 1 heterocycles. The number of H-pyrrole nitrogens is 1. The van der Waals surface area contributed by atoms with Crippen molar-refractivity contribution in [3.05, 3.63) is 51.9 Å². The van der Waals surface area contributed by atoms with Gasteiger partial charge in [0.25, 0.3) is 5.56 Å². The molecule has 1 aromatic heterocycles. The molecule has 0 bridgehead atoms. The van der Waals surface area contributed by atoms with E-state index in [2.05, 4.69) is 36.1 Å². The third kappa shape index (κ3) is 4.03. The molecule has 0 aliphatic rings. The van der Waals surface area contributed by atoms with Crippen LogP contribution in [0.25, 0.3) is 11.4 Å². The molecule has 0 aliphatic carbocycles. The molecule has 0 saturated carbocycles. The van der Waals surface area contributed by atoms with Crippen LogP contribution in [0, 0.1) is 6.92 Å². The molecule has 0 atom stereocenters. The van der Waals surface area contributed by atoms with Crippen molar-refractivity contribution in [2.75, 3.05) is 0 Å². The molecule has 0 unspecified atom stereocenters. The SMILES string of the molecule is Cc1ccc(-c2nc(CNC(C)(C)C)cc(=O)[nH]2)cc1. The van der Waals surface area contributed by atoms with Crippen molar-refractivity contribution in [1.29, 1.82) is 0 Å². The Kier molecular flexibility index (Phi) is 4.04. The predicted octanol–water partition coefficient (Wildman–Crippen LogP) is 2.63. The van der Waals surface area contributed by atoms with E-state index in [1.165, 1.54) is 11.6 Å². The predicted molar refractivity (Wildman–Crippen MR) is 81.6 cm³/mol. The molecular weight excluding hydrogens is 250 g/mol. The summed E-state index contributed by atoms with van der Waals surface area (Å²) in [5.41, 5.74) is 2.72. The maximum atomic E-state index is 11.8. The Balaban J connectivity index is 2.29. The van der Waals surface area contributed by atoms with E-state index < -0.39 is 0 Å². The van der Waals surface area contributed by atoms with Crippen LogP contribution in [0.5, 0.6) is 0 Å². The van der Waals surface area contributed by atoms with Crippen molar-refractivity contribution in [2.24, 2.45) is 0 Å². The second-order valence-electron chi connectivity index (χ2n) is 6.05. The van der Waals surface area contributed by atoms with E-state index in [4.69, 9.17) is 0 Å². The second-order valence-corrected chi connectivity index (χ2v) is 6.05. The normalized spacial score (nSPS) is 11.6. The van der Waals surface area contributed by atoms with Crippen molar-refractivity contribution in [2.45, 2.75) is 39.8 Å². The van der Waals surface area contributed by atoms with Crippen LogP contribution < -0.4 is 10.9 Å². The van der Waals surface area contributed by atoms with Gasteiger partial charge in [-0.3, -0.25) is 4.79 Å². The molecule has 4 nitrogen and oxygen atoms in total. The number of nitrogens with zero attached hydrogens (tertiary/aromatic N) is 1. The smallest absolute Gasteiger partial charge is 0.251 e. The second kappa shape index (κ2) is 5.59. The lowest BCUT2D eigenvalue weighted by atomic mass is 10.1. The summed E-state index contributed by atoms with van der Waals surface area (Å²) in [5.74, 6) is 0.614. The lowest BCUT2D eigenvalue weighted by Gasteiger charge is -2.20. The summed E-state index contributed by atoms with van der Waals surface area (Å²) in [6.07, 6.45) is 0. The van der Waals surface area contributed by atoms with Gasteiger partial charge in [-0.05, 0) is 27.7 Å². The topological polar surface area (TPSA) is 57.8 Å². The number of nitrogens with one attached hydrogen (secondary N) is 2. The highest BCUT2D eigenvalue weighted by Crippen LogP contribution is 2.14.